The maximum Gasteiger partial charge on any atom is 0.238 e. The van der Waals surface area contributed by atoms with Crippen LogP contribution in [0.2, 0.25) is 0 Å². The Balaban J connectivity index is 2.03. The number of aromatic amines is 1. The number of nitrogens with zero attached hydrogens (tertiary/aromatic N) is 1. The van der Waals surface area contributed by atoms with Crippen molar-refractivity contribution < 1.29 is 9.18 Å². The van der Waals surface area contributed by atoms with E-state index in [1.807, 2.05) is 36.9 Å². The molecule has 0 aliphatic carbocycles. The minimum atomic E-state index is -0.744. The quantitative estimate of drug-likeness (QED) is 0.658. The Hall–Kier alpha value is -2.33. The number of aromatic nitrogens is 1. The number of carbonyl (C=O) groups excluding carboxylic acids is 1. The first-order chi connectivity index (χ1) is 12.5. The molecule has 0 saturated carbocycles. The fourth-order valence-electron chi connectivity index (χ4n) is 4.39. The number of benzene rings is 2. The third-order valence-corrected chi connectivity index (χ3v) is 5.74. The van der Waals surface area contributed by atoms with Crippen LogP contribution in [-0.2, 0) is 16.8 Å². The maximum atomic E-state index is 13.5. The van der Waals surface area contributed by atoms with Gasteiger partial charge in [-0.15, -0.1) is 11.6 Å². The summed E-state index contributed by atoms with van der Waals surface area (Å²) in [6.07, 6.45) is 0.749. The fraction of sp³-hybridized carbons (Fsp3) is 0.286. The molecular weight excluding hydrogens is 351 g/mol. The van der Waals surface area contributed by atoms with Crippen LogP contribution in [0.25, 0.3) is 10.9 Å². The summed E-state index contributed by atoms with van der Waals surface area (Å²) in [4.78, 5) is 18.1. The molecule has 1 amide bonds. The molecule has 0 radical (unpaired) electrons. The largest absolute Gasteiger partial charge is 0.356 e. The third kappa shape index (κ3) is 2.36. The van der Waals surface area contributed by atoms with Crippen LogP contribution < -0.4 is 0 Å². The van der Waals surface area contributed by atoms with Crippen LogP contribution in [0.3, 0.4) is 0 Å². The molecule has 2 heterocycles. The number of halogens is 2. The van der Waals surface area contributed by atoms with Gasteiger partial charge < -0.3 is 9.88 Å². The van der Waals surface area contributed by atoms with E-state index in [1.54, 1.807) is 12.1 Å². The zero-order valence-corrected chi connectivity index (χ0v) is 15.5. The molecule has 0 saturated heterocycles. The molecule has 3 aromatic rings. The lowest BCUT2D eigenvalue weighted by atomic mass is 9.78. The summed E-state index contributed by atoms with van der Waals surface area (Å²) >= 11 is 5.93. The SMILES string of the molecule is C[C@H]1Cc2c([nH]c3ccccc23)[C@](C)(c2ccc(F)cc2)N1C(=O)CCl. The van der Waals surface area contributed by atoms with Crippen molar-refractivity contribution in [3.63, 3.8) is 0 Å². The van der Waals surface area contributed by atoms with E-state index < -0.39 is 5.54 Å². The molecule has 1 aliphatic heterocycles. The van der Waals surface area contributed by atoms with Gasteiger partial charge in [0.1, 0.15) is 17.2 Å². The minimum absolute atomic E-state index is 0.0250. The Morgan fingerprint density at radius 3 is 2.65 bits per heavy atom. The number of H-pyrrole nitrogens is 1. The summed E-state index contributed by atoms with van der Waals surface area (Å²) in [7, 11) is 0. The summed E-state index contributed by atoms with van der Waals surface area (Å²) in [5.74, 6) is -0.514. The highest BCUT2D eigenvalue weighted by Gasteiger charge is 2.47. The van der Waals surface area contributed by atoms with Gasteiger partial charge >= 0.3 is 0 Å². The standard InChI is InChI=1S/C21H20ClFN2O/c1-13-11-17-16-5-3-4-6-18(16)24-20(17)21(2,25(13)19(26)12-22)14-7-9-15(23)10-8-14/h3-10,13,24H,11-12H2,1-2H3/t13-,21-/m0/s1. The highest BCUT2D eigenvalue weighted by molar-refractivity contribution is 6.27. The van der Waals surface area contributed by atoms with E-state index in [2.05, 4.69) is 11.1 Å². The van der Waals surface area contributed by atoms with E-state index in [1.165, 1.54) is 23.1 Å². The molecular formula is C21H20ClFN2O. The molecule has 2 atom stereocenters. The highest BCUT2D eigenvalue weighted by Crippen LogP contribution is 2.45. The Labute approximate surface area is 156 Å². The summed E-state index contributed by atoms with van der Waals surface area (Å²) in [6, 6.07) is 14.5. The number of hydrogen-bond donors (Lipinski definition) is 1. The first-order valence-corrected chi connectivity index (χ1v) is 9.24. The van der Waals surface area contributed by atoms with E-state index in [0.717, 1.165) is 23.2 Å². The van der Waals surface area contributed by atoms with Crippen LogP contribution in [0, 0.1) is 5.82 Å². The lowest BCUT2D eigenvalue weighted by Gasteiger charge is -2.48. The molecule has 26 heavy (non-hydrogen) atoms. The van der Waals surface area contributed by atoms with Crippen LogP contribution in [0.5, 0.6) is 0 Å². The summed E-state index contributed by atoms with van der Waals surface area (Å²) in [5, 5.41) is 1.17. The number of alkyl halides is 1. The van der Waals surface area contributed by atoms with Crippen LogP contribution in [-0.4, -0.2) is 27.7 Å². The molecule has 134 valence electrons. The summed E-state index contributed by atoms with van der Waals surface area (Å²) < 4.78 is 13.5. The van der Waals surface area contributed by atoms with Gasteiger partial charge in [-0.1, -0.05) is 30.3 Å². The molecule has 1 aliphatic rings. The van der Waals surface area contributed by atoms with Crippen molar-refractivity contribution in [2.45, 2.75) is 31.8 Å². The van der Waals surface area contributed by atoms with Crippen LogP contribution >= 0.6 is 11.6 Å². The fourth-order valence-corrected chi connectivity index (χ4v) is 4.52. The van der Waals surface area contributed by atoms with E-state index in [4.69, 9.17) is 11.6 Å². The van der Waals surface area contributed by atoms with E-state index >= 15 is 0 Å². The van der Waals surface area contributed by atoms with Crippen LogP contribution in [0.4, 0.5) is 4.39 Å². The number of nitrogens with one attached hydrogen (secondary N) is 1. The summed E-state index contributed by atoms with van der Waals surface area (Å²) in [6.45, 7) is 4.05. The number of rotatable bonds is 2. The molecule has 2 aromatic carbocycles. The molecule has 0 bridgehead atoms. The number of fused-ring (bicyclic) bond motifs is 3. The summed E-state index contributed by atoms with van der Waals surface area (Å²) in [5.41, 5.74) is 3.33. The van der Waals surface area contributed by atoms with E-state index in [9.17, 15) is 9.18 Å². The van der Waals surface area contributed by atoms with Gasteiger partial charge in [-0.2, -0.15) is 0 Å². The average molecular weight is 371 g/mol. The van der Waals surface area contributed by atoms with Gasteiger partial charge in [-0.05, 0) is 49.6 Å². The number of amides is 1. The van der Waals surface area contributed by atoms with Gasteiger partial charge in [0.05, 0.1) is 0 Å². The second kappa shape index (κ2) is 6.13. The molecule has 3 nitrogen and oxygen atoms in total. The molecule has 0 spiro atoms. The Morgan fingerprint density at radius 2 is 1.96 bits per heavy atom. The number of para-hydroxylation sites is 1. The van der Waals surface area contributed by atoms with Gasteiger partial charge in [-0.25, -0.2) is 4.39 Å². The normalized spacial score (nSPS) is 22.5. The topological polar surface area (TPSA) is 36.1 Å². The van der Waals surface area contributed by atoms with E-state index in [-0.39, 0.29) is 23.6 Å². The highest BCUT2D eigenvalue weighted by atomic mass is 35.5. The van der Waals surface area contributed by atoms with Crippen molar-refractivity contribution in [2.75, 3.05) is 5.88 Å². The second-order valence-corrected chi connectivity index (χ2v) is 7.32. The molecule has 5 heteroatoms. The number of carbonyl (C=O) groups is 1. The van der Waals surface area contributed by atoms with Crippen LogP contribution in [0.1, 0.15) is 30.7 Å². The Bertz CT molecular complexity index is 981. The monoisotopic (exact) mass is 370 g/mol. The van der Waals surface area contributed by atoms with Crippen molar-refractivity contribution in [1.82, 2.24) is 9.88 Å². The van der Waals surface area contributed by atoms with Gasteiger partial charge in [0.2, 0.25) is 5.91 Å². The predicted octanol–water partition coefficient (Wildman–Crippen LogP) is 4.58. The van der Waals surface area contributed by atoms with Gasteiger partial charge in [0.25, 0.3) is 0 Å². The molecule has 1 N–H and O–H groups in total. The average Bonchev–Trinajstić information content (AvgIpc) is 3.01. The lowest BCUT2D eigenvalue weighted by Crippen LogP contribution is -2.57. The minimum Gasteiger partial charge on any atom is -0.356 e. The third-order valence-electron chi connectivity index (χ3n) is 5.51. The Morgan fingerprint density at radius 1 is 1.27 bits per heavy atom. The zero-order valence-electron chi connectivity index (χ0n) is 14.7. The van der Waals surface area contributed by atoms with Crippen molar-refractivity contribution >= 4 is 28.4 Å². The zero-order chi connectivity index (χ0) is 18.5. The number of hydrogen-bond acceptors (Lipinski definition) is 1. The first kappa shape index (κ1) is 17.1. The van der Waals surface area contributed by atoms with E-state index in [0.29, 0.717) is 0 Å². The molecule has 0 unspecified atom stereocenters. The second-order valence-electron chi connectivity index (χ2n) is 7.05. The first-order valence-electron chi connectivity index (χ1n) is 8.71. The smallest absolute Gasteiger partial charge is 0.238 e. The van der Waals surface area contributed by atoms with Crippen molar-refractivity contribution in [1.29, 1.82) is 0 Å². The van der Waals surface area contributed by atoms with Crippen molar-refractivity contribution in [3.8, 4) is 0 Å². The maximum absolute atomic E-state index is 13.5. The van der Waals surface area contributed by atoms with Gasteiger partial charge in [-0.3, -0.25) is 4.79 Å². The van der Waals surface area contributed by atoms with Gasteiger partial charge in [0.15, 0.2) is 0 Å². The van der Waals surface area contributed by atoms with Crippen molar-refractivity contribution in [3.05, 3.63) is 71.2 Å². The van der Waals surface area contributed by atoms with Gasteiger partial charge in [0, 0.05) is 22.6 Å². The molecule has 0 fully saturated rings. The van der Waals surface area contributed by atoms with Crippen LogP contribution in [0.15, 0.2) is 48.5 Å². The predicted molar refractivity (Wildman–Crippen MR) is 102 cm³/mol. The molecule has 1 aromatic heterocycles. The molecule has 4 rings (SSSR count). The van der Waals surface area contributed by atoms with Crippen molar-refractivity contribution in [2.24, 2.45) is 0 Å². The Kier molecular flexibility index (Phi) is 4.03. The lowest BCUT2D eigenvalue weighted by molar-refractivity contribution is -0.137.